The highest BCUT2D eigenvalue weighted by molar-refractivity contribution is 7.88. The van der Waals surface area contributed by atoms with Gasteiger partial charge in [0.2, 0.25) is 15.9 Å². The number of sulfonamides is 1. The molecule has 1 aliphatic carbocycles. The maximum absolute atomic E-state index is 12.0. The number of nitrogens with zero attached hydrogens (tertiary/aromatic N) is 4. The predicted molar refractivity (Wildman–Crippen MR) is 97.0 cm³/mol. The maximum atomic E-state index is 12.0. The lowest BCUT2D eigenvalue weighted by Crippen LogP contribution is -2.27. The smallest absolute Gasteiger partial charge is 0.227 e. The van der Waals surface area contributed by atoms with E-state index in [-0.39, 0.29) is 17.6 Å². The van der Waals surface area contributed by atoms with Gasteiger partial charge in [-0.15, -0.1) is 0 Å². The first kappa shape index (κ1) is 19.0. The average molecular weight is 382 g/mol. The van der Waals surface area contributed by atoms with Gasteiger partial charge in [-0.25, -0.2) is 13.1 Å². The van der Waals surface area contributed by atoms with Crippen molar-refractivity contribution in [3.05, 3.63) is 28.7 Å². The third-order valence-electron chi connectivity index (χ3n) is 4.41. The van der Waals surface area contributed by atoms with Crippen LogP contribution in [0.15, 0.2) is 4.52 Å². The molecule has 0 bridgehead atoms. The van der Waals surface area contributed by atoms with Crippen LogP contribution in [-0.2, 0) is 35.2 Å². The molecule has 1 fully saturated rings. The molecule has 0 aliphatic heterocycles. The predicted octanol–water partition coefficient (Wildman–Crippen LogP) is 1.91. The van der Waals surface area contributed by atoms with Crippen LogP contribution >= 0.6 is 0 Å². The van der Waals surface area contributed by atoms with E-state index in [0.29, 0.717) is 18.2 Å². The molecule has 1 saturated carbocycles. The van der Waals surface area contributed by atoms with Crippen molar-refractivity contribution in [1.82, 2.24) is 24.6 Å². The molecule has 8 nitrogen and oxygen atoms in total. The van der Waals surface area contributed by atoms with Crippen molar-refractivity contribution < 1.29 is 12.9 Å². The Morgan fingerprint density at radius 1 is 1.27 bits per heavy atom. The van der Waals surface area contributed by atoms with Gasteiger partial charge in [0.15, 0.2) is 5.82 Å². The Morgan fingerprint density at radius 3 is 2.65 bits per heavy atom. The van der Waals surface area contributed by atoms with E-state index in [1.807, 2.05) is 11.6 Å². The lowest BCUT2D eigenvalue weighted by molar-refractivity contribution is 0.374. The van der Waals surface area contributed by atoms with Gasteiger partial charge in [0.05, 0.1) is 5.69 Å². The molecule has 2 aromatic heterocycles. The highest BCUT2D eigenvalue weighted by atomic mass is 32.2. The number of nitrogens with one attached hydrogen (secondary N) is 1. The molecule has 0 spiro atoms. The van der Waals surface area contributed by atoms with E-state index in [9.17, 15) is 8.42 Å². The average Bonchev–Trinajstić information content (AvgIpc) is 3.15. The zero-order valence-corrected chi connectivity index (χ0v) is 16.6. The maximum Gasteiger partial charge on any atom is 0.227 e. The van der Waals surface area contributed by atoms with Gasteiger partial charge in [-0.3, -0.25) is 4.68 Å². The molecular formula is C17H27N5O3S. The van der Waals surface area contributed by atoms with Gasteiger partial charge in [-0.05, 0) is 44.6 Å². The van der Waals surface area contributed by atoms with Crippen LogP contribution in [0, 0.1) is 19.8 Å². The largest absolute Gasteiger partial charge is 0.339 e. The summed E-state index contributed by atoms with van der Waals surface area (Å²) in [5.41, 5.74) is 3.36. The summed E-state index contributed by atoms with van der Waals surface area (Å²) in [6, 6.07) is 0.0831. The van der Waals surface area contributed by atoms with Crippen LogP contribution in [0.25, 0.3) is 0 Å². The van der Waals surface area contributed by atoms with E-state index in [4.69, 9.17) is 4.52 Å². The Morgan fingerprint density at radius 2 is 2.00 bits per heavy atom. The molecule has 2 heterocycles. The Hall–Kier alpha value is -1.74. The normalized spacial score (nSPS) is 15.1. The van der Waals surface area contributed by atoms with Gasteiger partial charge in [0.1, 0.15) is 5.75 Å². The minimum Gasteiger partial charge on any atom is -0.339 e. The van der Waals surface area contributed by atoms with Crippen molar-refractivity contribution in [1.29, 1.82) is 0 Å². The third-order valence-corrected chi connectivity index (χ3v) is 5.74. The summed E-state index contributed by atoms with van der Waals surface area (Å²) in [5, 5.41) is 8.42. The molecule has 9 heteroatoms. The van der Waals surface area contributed by atoms with Crippen molar-refractivity contribution in [2.75, 3.05) is 0 Å². The van der Waals surface area contributed by atoms with Crippen LogP contribution in [0.4, 0.5) is 0 Å². The molecule has 0 atom stereocenters. The van der Waals surface area contributed by atoms with Crippen molar-refractivity contribution in [3.8, 4) is 0 Å². The second kappa shape index (κ2) is 7.48. The van der Waals surface area contributed by atoms with Gasteiger partial charge in [-0.2, -0.15) is 10.1 Å². The summed E-state index contributed by atoms with van der Waals surface area (Å²) >= 11 is 0. The third kappa shape index (κ3) is 4.91. The molecule has 0 unspecified atom stereocenters. The lowest BCUT2D eigenvalue weighted by Gasteiger charge is -2.07. The monoisotopic (exact) mass is 381 g/mol. The highest BCUT2D eigenvalue weighted by Gasteiger charge is 2.28. The molecule has 3 rings (SSSR count). The number of aromatic nitrogens is 4. The standard InChI is InChI=1S/C17H27N5O3S/c1-11(2)9-22-13(4)15(12(3)19-22)7-8-17-18-16(20-25-17)10-26(23,24)21-14-5-6-14/h11,14,21H,5-10H2,1-4H3. The Balaban J connectivity index is 1.60. The summed E-state index contributed by atoms with van der Waals surface area (Å²) in [6.07, 6.45) is 3.11. The van der Waals surface area contributed by atoms with Crippen LogP contribution in [-0.4, -0.2) is 34.4 Å². The number of aryl methyl sites for hydroxylation is 2. The van der Waals surface area contributed by atoms with Crippen LogP contribution in [0.3, 0.4) is 0 Å². The van der Waals surface area contributed by atoms with Crippen molar-refractivity contribution in [2.45, 2.75) is 71.7 Å². The molecule has 0 saturated heterocycles. The SMILES string of the molecule is Cc1nn(CC(C)C)c(C)c1CCc1nc(CS(=O)(=O)NC2CC2)no1. The fraction of sp³-hybridized carbons (Fsp3) is 0.706. The number of rotatable bonds is 9. The molecule has 0 amide bonds. The molecular weight excluding hydrogens is 354 g/mol. The molecule has 2 aromatic rings. The second-order valence-electron chi connectivity index (χ2n) is 7.48. The quantitative estimate of drug-likeness (QED) is 0.712. The van der Waals surface area contributed by atoms with Crippen LogP contribution in [0.2, 0.25) is 0 Å². The highest BCUT2D eigenvalue weighted by Crippen LogP contribution is 2.21. The molecule has 1 aliphatic rings. The van der Waals surface area contributed by atoms with Crippen LogP contribution in [0.5, 0.6) is 0 Å². The van der Waals surface area contributed by atoms with Crippen molar-refractivity contribution in [3.63, 3.8) is 0 Å². The molecule has 0 radical (unpaired) electrons. The topological polar surface area (TPSA) is 103 Å². The minimum atomic E-state index is -3.40. The van der Waals surface area contributed by atoms with E-state index in [0.717, 1.165) is 37.2 Å². The van der Waals surface area contributed by atoms with E-state index in [1.54, 1.807) is 0 Å². The summed E-state index contributed by atoms with van der Waals surface area (Å²) in [5.74, 6) is 0.955. The molecule has 1 N–H and O–H groups in total. The van der Waals surface area contributed by atoms with Crippen molar-refractivity contribution >= 4 is 10.0 Å². The van der Waals surface area contributed by atoms with Crippen LogP contribution < -0.4 is 4.72 Å². The van der Waals surface area contributed by atoms with E-state index in [1.165, 1.54) is 5.56 Å². The van der Waals surface area contributed by atoms with Gasteiger partial charge in [0.25, 0.3) is 0 Å². The first-order valence-electron chi connectivity index (χ1n) is 9.08. The number of hydrogen-bond acceptors (Lipinski definition) is 6. The summed E-state index contributed by atoms with van der Waals surface area (Å²) < 4.78 is 33.8. The summed E-state index contributed by atoms with van der Waals surface area (Å²) in [4.78, 5) is 4.23. The van der Waals surface area contributed by atoms with E-state index >= 15 is 0 Å². The molecule has 144 valence electrons. The lowest BCUT2D eigenvalue weighted by atomic mass is 10.1. The number of hydrogen-bond donors (Lipinski definition) is 1. The molecule has 0 aromatic carbocycles. The summed E-state index contributed by atoms with van der Waals surface area (Å²) in [7, 11) is -3.40. The van der Waals surface area contributed by atoms with Crippen molar-refractivity contribution in [2.24, 2.45) is 5.92 Å². The fourth-order valence-corrected chi connectivity index (χ4v) is 4.25. The Labute approximate surface area is 154 Å². The first-order valence-corrected chi connectivity index (χ1v) is 10.7. The van der Waals surface area contributed by atoms with Gasteiger partial charge in [0, 0.05) is 24.7 Å². The molecule has 26 heavy (non-hydrogen) atoms. The van der Waals surface area contributed by atoms with E-state index < -0.39 is 10.0 Å². The minimum absolute atomic E-state index is 0.0831. The van der Waals surface area contributed by atoms with Crippen LogP contribution in [0.1, 0.15) is 55.4 Å². The fourth-order valence-electron chi connectivity index (χ4n) is 2.97. The van der Waals surface area contributed by atoms with Gasteiger partial charge in [-0.1, -0.05) is 19.0 Å². The summed E-state index contributed by atoms with van der Waals surface area (Å²) in [6.45, 7) is 9.31. The second-order valence-corrected chi connectivity index (χ2v) is 9.23. The zero-order chi connectivity index (χ0) is 18.9. The van der Waals surface area contributed by atoms with E-state index in [2.05, 4.69) is 40.7 Å². The first-order chi connectivity index (χ1) is 12.2. The Kier molecular flexibility index (Phi) is 5.47. The van der Waals surface area contributed by atoms with Gasteiger partial charge >= 0.3 is 0 Å². The Bertz CT molecular complexity index is 865. The van der Waals surface area contributed by atoms with Gasteiger partial charge < -0.3 is 4.52 Å². The zero-order valence-electron chi connectivity index (χ0n) is 15.8.